The van der Waals surface area contributed by atoms with Crippen molar-refractivity contribution in [1.82, 2.24) is 4.98 Å². The van der Waals surface area contributed by atoms with E-state index in [1.807, 2.05) is 0 Å². The van der Waals surface area contributed by atoms with Crippen LogP contribution in [0.25, 0.3) is 0 Å². The number of methoxy groups -OCH3 is 3. The molecule has 9 nitrogen and oxygen atoms in total. The van der Waals surface area contributed by atoms with E-state index in [-0.39, 0.29) is 28.6 Å². The van der Waals surface area contributed by atoms with E-state index in [1.165, 1.54) is 33.6 Å². The minimum Gasteiger partial charge on any atom is -0.493 e. The van der Waals surface area contributed by atoms with Gasteiger partial charge in [0.1, 0.15) is 11.4 Å². The van der Waals surface area contributed by atoms with Crippen molar-refractivity contribution in [2.45, 2.75) is 0 Å². The summed E-state index contributed by atoms with van der Waals surface area (Å²) in [6.45, 7) is 0. The van der Waals surface area contributed by atoms with Crippen LogP contribution in [-0.4, -0.2) is 37.1 Å². The summed E-state index contributed by atoms with van der Waals surface area (Å²) in [4.78, 5) is 27.3. The highest BCUT2D eigenvalue weighted by Crippen LogP contribution is 2.46. The molecular formula is C15H14BrN3O6. The number of nitrogens with zero attached hydrogens (tertiary/aromatic N) is 2. The number of ether oxygens (including phenoxy) is 3. The summed E-state index contributed by atoms with van der Waals surface area (Å²) < 4.78 is 16.1. The van der Waals surface area contributed by atoms with Gasteiger partial charge in [-0.1, -0.05) is 0 Å². The number of pyridine rings is 1. The maximum Gasteiger partial charge on any atom is 0.327 e. The van der Waals surface area contributed by atoms with E-state index in [1.54, 1.807) is 12.1 Å². The Balaban J connectivity index is 2.56. The predicted octanol–water partition coefficient (Wildman–Crippen LogP) is 3.03. The second kappa shape index (κ2) is 7.79. The SMILES string of the molecule is COc1cc(C(=O)Nc2ccc(Br)cn2)c([N+](=O)[O-])c(OC)c1OC. The van der Waals surface area contributed by atoms with Crippen LogP contribution in [0.2, 0.25) is 0 Å². The van der Waals surface area contributed by atoms with Crippen LogP contribution in [0.3, 0.4) is 0 Å². The van der Waals surface area contributed by atoms with E-state index in [0.29, 0.717) is 0 Å². The van der Waals surface area contributed by atoms with E-state index in [2.05, 4.69) is 26.2 Å². The minimum absolute atomic E-state index is 0.0232. The molecule has 10 heteroatoms. The molecule has 0 radical (unpaired) electrons. The van der Waals surface area contributed by atoms with Gasteiger partial charge in [0.15, 0.2) is 5.75 Å². The first-order chi connectivity index (χ1) is 11.9. The molecule has 1 amide bonds. The summed E-state index contributed by atoms with van der Waals surface area (Å²) in [5.74, 6) is -0.563. The van der Waals surface area contributed by atoms with Gasteiger partial charge in [-0.25, -0.2) is 4.98 Å². The lowest BCUT2D eigenvalue weighted by atomic mass is 10.1. The Morgan fingerprint density at radius 3 is 2.36 bits per heavy atom. The van der Waals surface area contributed by atoms with E-state index >= 15 is 0 Å². The number of carbonyl (C=O) groups excluding carboxylic acids is 1. The standard InChI is InChI=1S/C15H14BrN3O6/c1-23-10-6-9(12(19(21)22)14(25-3)13(10)24-2)15(20)18-11-5-4-8(16)7-17-11/h4-7H,1-3H3,(H,17,18,20). The number of amides is 1. The number of hydrogen-bond donors (Lipinski definition) is 1. The Morgan fingerprint density at radius 2 is 1.88 bits per heavy atom. The van der Waals surface area contributed by atoms with E-state index in [0.717, 1.165) is 4.47 Å². The summed E-state index contributed by atoms with van der Waals surface area (Å²) in [6, 6.07) is 4.44. The molecule has 0 aliphatic carbocycles. The minimum atomic E-state index is -0.735. The summed E-state index contributed by atoms with van der Waals surface area (Å²) >= 11 is 3.23. The Kier molecular flexibility index (Phi) is 5.75. The van der Waals surface area contributed by atoms with Crippen LogP contribution in [0.5, 0.6) is 17.2 Å². The summed E-state index contributed by atoms with van der Waals surface area (Å²) in [5.41, 5.74) is -0.779. The third-order valence-electron chi connectivity index (χ3n) is 3.20. The molecule has 1 N–H and O–H groups in total. The first kappa shape index (κ1) is 18.5. The van der Waals surface area contributed by atoms with E-state index in [9.17, 15) is 14.9 Å². The molecule has 0 aliphatic rings. The van der Waals surface area contributed by atoms with Crippen molar-refractivity contribution < 1.29 is 23.9 Å². The molecule has 0 atom stereocenters. The molecule has 0 fully saturated rings. The fraction of sp³-hybridized carbons (Fsp3) is 0.200. The van der Waals surface area contributed by atoms with Gasteiger partial charge in [0, 0.05) is 16.7 Å². The number of benzene rings is 1. The lowest BCUT2D eigenvalue weighted by molar-refractivity contribution is -0.386. The fourth-order valence-corrected chi connectivity index (χ4v) is 2.36. The van der Waals surface area contributed by atoms with Gasteiger partial charge in [-0.15, -0.1) is 0 Å². The van der Waals surface area contributed by atoms with Crippen LogP contribution in [-0.2, 0) is 0 Å². The summed E-state index contributed by atoms with van der Waals surface area (Å²) in [7, 11) is 3.90. The third-order valence-corrected chi connectivity index (χ3v) is 3.67. The number of carbonyl (C=O) groups is 1. The van der Waals surface area contributed by atoms with Gasteiger partial charge in [0.05, 0.1) is 26.3 Å². The number of hydrogen-bond acceptors (Lipinski definition) is 7. The molecule has 2 aromatic rings. The zero-order valence-electron chi connectivity index (χ0n) is 13.5. The van der Waals surface area contributed by atoms with Crippen molar-refractivity contribution in [3.05, 3.63) is 44.5 Å². The lowest BCUT2D eigenvalue weighted by Gasteiger charge is -2.14. The number of rotatable bonds is 6. The quantitative estimate of drug-likeness (QED) is 0.573. The number of nitro benzene ring substituents is 1. The zero-order valence-corrected chi connectivity index (χ0v) is 15.1. The van der Waals surface area contributed by atoms with E-state index < -0.39 is 16.5 Å². The fourth-order valence-electron chi connectivity index (χ4n) is 2.13. The van der Waals surface area contributed by atoms with Crippen LogP contribution in [0.15, 0.2) is 28.9 Å². The largest absolute Gasteiger partial charge is 0.493 e. The molecule has 0 saturated carbocycles. The maximum absolute atomic E-state index is 12.5. The van der Waals surface area contributed by atoms with Gasteiger partial charge in [0.2, 0.25) is 11.5 Å². The first-order valence-corrected chi connectivity index (χ1v) is 7.62. The van der Waals surface area contributed by atoms with Gasteiger partial charge in [-0.3, -0.25) is 14.9 Å². The molecule has 0 bridgehead atoms. The molecule has 132 valence electrons. The van der Waals surface area contributed by atoms with Gasteiger partial charge < -0.3 is 19.5 Å². The molecule has 1 aromatic carbocycles. The predicted molar refractivity (Wildman–Crippen MR) is 92.6 cm³/mol. The van der Waals surface area contributed by atoms with Crippen LogP contribution in [0, 0.1) is 10.1 Å². The Hall–Kier alpha value is -2.88. The molecular weight excluding hydrogens is 398 g/mol. The molecule has 0 spiro atoms. The number of aromatic nitrogens is 1. The molecule has 0 unspecified atom stereocenters. The highest BCUT2D eigenvalue weighted by molar-refractivity contribution is 9.10. The maximum atomic E-state index is 12.5. The van der Waals surface area contributed by atoms with Crippen molar-refractivity contribution in [2.24, 2.45) is 0 Å². The molecule has 1 aromatic heterocycles. The first-order valence-electron chi connectivity index (χ1n) is 6.83. The van der Waals surface area contributed by atoms with Crippen molar-refractivity contribution in [3.8, 4) is 17.2 Å². The van der Waals surface area contributed by atoms with Crippen LogP contribution in [0.4, 0.5) is 11.5 Å². The Labute approximate surface area is 151 Å². The van der Waals surface area contributed by atoms with Crippen molar-refractivity contribution in [1.29, 1.82) is 0 Å². The molecule has 0 aliphatic heterocycles. The summed E-state index contributed by atoms with van der Waals surface area (Å²) in [5, 5.41) is 14.0. The van der Waals surface area contributed by atoms with Gasteiger partial charge >= 0.3 is 5.69 Å². The van der Waals surface area contributed by atoms with Crippen molar-refractivity contribution in [3.63, 3.8) is 0 Å². The van der Waals surface area contributed by atoms with E-state index in [4.69, 9.17) is 14.2 Å². The topological polar surface area (TPSA) is 113 Å². The highest BCUT2D eigenvalue weighted by atomic mass is 79.9. The zero-order chi connectivity index (χ0) is 18.6. The highest BCUT2D eigenvalue weighted by Gasteiger charge is 2.32. The van der Waals surface area contributed by atoms with Crippen LogP contribution in [0.1, 0.15) is 10.4 Å². The number of nitro groups is 1. The Bertz CT molecular complexity index is 810. The average Bonchev–Trinajstić information content (AvgIpc) is 2.61. The third kappa shape index (κ3) is 3.79. The molecule has 2 rings (SSSR count). The normalized spacial score (nSPS) is 10.1. The molecule has 0 saturated heterocycles. The average molecular weight is 412 g/mol. The smallest absolute Gasteiger partial charge is 0.327 e. The second-order valence-electron chi connectivity index (χ2n) is 4.61. The Morgan fingerprint density at radius 1 is 1.20 bits per heavy atom. The lowest BCUT2D eigenvalue weighted by Crippen LogP contribution is -2.16. The monoisotopic (exact) mass is 411 g/mol. The van der Waals surface area contributed by atoms with Crippen LogP contribution < -0.4 is 19.5 Å². The number of nitrogens with one attached hydrogen (secondary N) is 1. The van der Waals surface area contributed by atoms with Gasteiger partial charge in [-0.05, 0) is 28.1 Å². The number of halogens is 1. The van der Waals surface area contributed by atoms with Crippen molar-refractivity contribution >= 4 is 33.3 Å². The van der Waals surface area contributed by atoms with Gasteiger partial charge in [0.25, 0.3) is 5.91 Å². The van der Waals surface area contributed by atoms with Gasteiger partial charge in [-0.2, -0.15) is 0 Å². The molecule has 25 heavy (non-hydrogen) atoms. The molecule has 1 heterocycles. The summed E-state index contributed by atoms with van der Waals surface area (Å²) in [6.07, 6.45) is 1.49. The second-order valence-corrected chi connectivity index (χ2v) is 5.53. The van der Waals surface area contributed by atoms with Crippen molar-refractivity contribution in [2.75, 3.05) is 26.6 Å². The van der Waals surface area contributed by atoms with Crippen LogP contribution >= 0.6 is 15.9 Å². The number of anilines is 1.